The van der Waals surface area contributed by atoms with E-state index in [9.17, 15) is 9.90 Å². The minimum absolute atomic E-state index is 0.0840. The second-order valence-corrected chi connectivity index (χ2v) is 7.67. The number of aliphatic hydroxyl groups is 1. The molecule has 24 heavy (non-hydrogen) atoms. The number of rotatable bonds is 6. The average Bonchev–Trinajstić information content (AvgIpc) is 3.21. The first kappa shape index (κ1) is 17.3. The van der Waals surface area contributed by atoms with Crippen molar-refractivity contribution in [2.45, 2.75) is 38.1 Å². The Morgan fingerprint density at radius 1 is 1.50 bits per heavy atom. The molecule has 128 valence electrons. The van der Waals surface area contributed by atoms with Gasteiger partial charge in [-0.1, -0.05) is 0 Å². The van der Waals surface area contributed by atoms with Crippen molar-refractivity contribution in [1.82, 2.24) is 9.97 Å². The van der Waals surface area contributed by atoms with Gasteiger partial charge in [-0.15, -0.1) is 22.9 Å². The third-order valence-corrected chi connectivity index (χ3v) is 5.86. The zero-order valence-corrected chi connectivity index (χ0v) is 15.0. The van der Waals surface area contributed by atoms with E-state index < -0.39 is 0 Å². The topological polar surface area (TPSA) is 75.1 Å². The molecule has 0 amide bonds. The number of alkyl halides is 1. The normalized spacial score (nSPS) is 20.3. The van der Waals surface area contributed by atoms with Crippen molar-refractivity contribution in [3.05, 3.63) is 39.5 Å². The van der Waals surface area contributed by atoms with Gasteiger partial charge in [0.15, 0.2) is 0 Å². The van der Waals surface area contributed by atoms with Crippen LogP contribution in [0.1, 0.15) is 44.9 Å². The van der Waals surface area contributed by atoms with E-state index in [1.807, 2.05) is 13.0 Å². The van der Waals surface area contributed by atoms with Crippen LogP contribution in [-0.4, -0.2) is 33.5 Å². The number of aliphatic hydroxyl groups excluding tert-OH is 1. The monoisotopic (exact) mass is 365 g/mol. The summed E-state index contributed by atoms with van der Waals surface area (Å²) in [6.45, 7) is 2.18. The highest BCUT2D eigenvalue weighted by Gasteiger charge is 2.26. The van der Waals surface area contributed by atoms with Crippen molar-refractivity contribution in [1.29, 1.82) is 0 Å². The molecular weight excluding hydrogens is 346 g/mol. The highest BCUT2D eigenvalue weighted by molar-refractivity contribution is 7.14. The highest BCUT2D eigenvalue weighted by atomic mass is 35.5. The molecule has 2 N–H and O–H groups in total. The van der Waals surface area contributed by atoms with Crippen LogP contribution in [0.15, 0.2) is 18.6 Å². The Kier molecular flexibility index (Phi) is 5.48. The fourth-order valence-electron chi connectivity index (χ4n) is 3.07. The smallest absolute Gasteiger partial charge is 0.208 e. The molecule has 2 atom stereocenters. The molecule has 0 aliphatic heterocycles. The van der Waals surface area contributed by atoms with Gasteiger partial charge in [-0.3, -0.25) is 4.79 Å². The van der Waals surface area contributed by atoms with Crippen LogP contribution in [0.2, 0.25) is 0 Å². The number of thiophene rings is 1. The SMILES string of the molecule is Cc1sc(C(=O)c2cncnc2NC2CCC(CO)C2)cc1CCl. The molecule has 0 radical (unpaired) electrons. The maximum absolute atomic E-state index is 12.9. The number of aryl methyl sites for hydroxylation is 1. The summed E-state index contributed by atoms with van der Waals surface area (Å²) >= 11 is 7.35. The molecule has 1 fully saturated rings. The van der Waals surface area contributed by atoms with E-state index in [2.05, 4.69) is 15.3 Å². The van der Waals surface area contributed by atoms with Crippen molar-refractivity contribution in [2.24, 2.45) is 5.92 Å². The fourth-order valence-corrected chi connectivity index (χ4v) is 4.43. The van der Waals surface area contributed by atoms with Gasteiger partial charge in [0.05, 0.1) is 10.4 Å². The molecule has 2 aromatic heterocycles. The highest BCUT2D eigenvalue weighted by Crippen LogP contribution is 2.30. The van der Waals surface area contributed by atoms with Crippen molar-refractivity contribution in [3.8, 4) is 0 Å². The zero-order chi connectivity index (χ0) is 17.1. The van der Waals surface area contributed by atoms with Gasteiger partial charge in [0, 0.05) is 29.6 Å². The molecule has 2 unspecified atom stereocenters. The van der Waals surface area contributed by atoms with Crippen molar-refractivity contribution < 1.29 is 9.90 Å². The van der Waals surface area contributed by atoms with E-state index in [1.54, 1.807) is 6.20 Å². The van der Waals surface area contributed by atoms with E-state index in [4.69, 9.17) is 11.6 Å². The van der Waals surface area contributed by atoms with Gasteiger partial charge in [-0.2, -0.15) is 0 Å². The molecule has 2 aromatic rings. The van der Waals surface area contributed by atoms with E-state index in [1.165, 1.54) is 17.7 Å². The van der Waals surface area contributed by atoms with Gasteiger partial charge in [0.2, 0.25) is 5.78 Å². The number of aromatic nitrogens is 2. The van der Waals surface area contributed by atoms with Gasteiger partial charge in [0.1, 0.15) is 12.1 Å². The number of hydrogen-bond donors (Lipinski definition) is 2. The van der Waals surface area contributed by atoms with Crippen molar-refractivity contribution >= 4 is 34.5 Å². The molecule has 0 aromatic carbocycles. The first-order valence-corrected chi connectivity index (χ1v) is 9.34. The number of halogens is 1. The standard InChI is InChI=1S/C17H20ClN3O2S/c1-10-12(6-18)5-15(24-10)16(23)14-7-19-9-20-17(14)21-13-3-2-11(4-13)8-22/h5,7,9,11,13,22H,2-4,6,8H2,1H3,(H,19,20,21). The van der Waals surface area contributed by atoms with Gasteiger partial charge in [-0.05, 0) is 43.7 Å². The van der Waals surface area contributed by atoms with Crippen LogP contribution in [0.4, 0.5) is 5.82 Å². The summed E-state index contributed by atoms with van der Waals surface area (Å²) in [7, 11) is 0. The molecule has 3 rings (SSSR count). The predicted octanol–water partition coefficient (Wildman–Crippen LogP) is 3.39. The Hall–Kier alpha value is -1.50. The van der Waals surface area contributed by atoms with Crippen molar-refractivity contribution in [2.75, 3.05) is 11.9 Å². The summed E-state index contributed by atoms with van der Waals surface area (Å²) in [6, 6.07) is 2.08. The van der Waals surface area contributed by atoms with Crippen LogP contribution >= 0.6 is 22.9 Å². The third-order valence-electron chi connectivity index (χ3n) is 4.49. The summed E-state index contributed by atoms with van der Waals surface area (Å²) in [5, 5.41) is 12.6. The Morgan fingerprint density at radius 3 is 3.00 bits per heavy atom. The fraction of sp³-hybridized carbons (Fsp3) is 0.471. The molecule has 1 aliphatic carbocycles. The third kappa shape index (κ3) is 3.61. The molecule has 0 bridgehead atoms. The summed E-state index contributed by atoms with van der Waals surface area (Å²) < 4.78 is 0. The van der Waals surface area contributed by atoms with Crippen LogP contribution in [0.3, 0.4) is 0 Å². The van der Waals surface area contributed by atoms with Crippen LogP contribution < -0.4 is 5.32 Å². The number of nitrogens with zero attached hydrogens (tertiary/aromatic N) is 2. The van der Waals surface area contributed by atoms with Crippen LogP contribution in [-0.2, 0) is 5.88 Å². The first-order chi connectivity index (χ1) is 11.6. The molecule has 0 spiro atoms. The molecular formula is C17H20ClN3O2S. The summed E-state index contributed by atoms with van der Waals surface area (Å²) in [5.41, 5.74) is 1.46. The zero-order valence-electron chi connectivity index (χ0n) is 13.5. The number of anilines is 1. The molecule has 2 heterocycles. The van der Waals surface area contributed by atoms with E-state index in [0.717, 1.165) is 29.7 Å². The molecule has 1 saturated carbocycles. The summed E-state index contributed by atoms with van der Waals surface area (Å²) in [4.78, 5) is 22.8. The Morgan fingerprint density at radius 2 is 2.33 bits per heavy atom. The Labute approximate surface area is 150 Å². The minimum Gasteiger partial charge on any atom is -0.396 e. The van der Waals surface area contributed by atoms with Crippen LogP contribution in [0, 0.1) is 12.8 Å². The second-order valence-electron chi connectivity index (χ2n) is 6.14. The molecule has 1 aliphatic rings. The quantitative estimate of drug-likeness (QED) is 0.606. The number of hydrogen-bond acceptors (Lipinski definition) is 6. The van der Waals surface area contributed by atoms with E-state index in [0.29, 0.717) is 28.1 Å². The van der Waals surface area contributed by atoms with Gasteiger partial charge in [-0.25, -0.2) is 9.97 Å². The van der Waals surface area contributed by atoms with Crippen LogP contribution in [0.5, 0.6) is 0 Å². The molecule has 5 nitrogen and oxygen atoms in total. The van der Waals surface area contributed by atoms with E-state index >= 15 is 0 Å². The number of ketones is 1. The number of carbonyl (C=O) groups is 1. The maximum atomic E-state index is 12.9. The lowest BCUT2D eigenvalue weighted by atomic mass is 10.1. The predicted molar refractivity (Wildman–Crippen MR) is 95.9 cm³/mol. The summed E-state index contributed by atoms with van der Waals surface area (Å²) in [5.74, 6) is 1.21. The van der Waals surface area contributed by atoms with Crippen LogP contribution in [0.25, 0.3) is 0 Å². The molecule has 0 saturated heterocycles. The van der Waals surface area contributed by atoms with Gasteiger partial charge >= 0.3 is 0 Å². The Balaban J connectivity index is 1.82. The average molecular weight is 366 g/mol. The lowest BCUT2D eigenvalue weighted by Gasteiger charge is -2.15. The minimum atomic E-state index is -0.0840. The second kappa shape index (κ2) is 7.59. The maximum Gasteiger partial charge on any atom is 0.208 e. The molecule has 7 heteroatoms. The Bertz CT molecular complexity index is 734. The lowest BCUT2D eigenvalue weighted by Crippen LogP contribution is -2.19. The van der Waals surface area contributed by atoms with Gasteiger partial charge < -0.3 is 10.4 Å². The van der Waals surface area contributed by atoms with E-state index in [-0.39, 0.29) is 18.4 Å². The van der Waals surface area contributed by atoms with Gasteiger partial charge in [0.25, 0.3) is 0 Å². The largest absolute Gasteiger partial charge is 0.396 e. The van der Waals surface area contributed by atoms with Crippen molar-refractivity contribution in [3.63, 3.8) is 0 Å². The number of nitrogens with one attached hydrogen (secondary N) is 1. The number of carbonyl (C=O) groups excluding carboxylic acids is 1. The summed E-state index contributed by atoms with van der Waals surface area (Å²) in [6.07, 6.45) is 5.86. The lowest BCUT2D eigenvalue weighted by molar-refractivity contribution is 0.104. The first-order valence-electron chi connectivity index (χ1n) is 7.99.